The van der Waals surface area contributed by atoms with Gasteiger partial charge in [-0.3, -0.25) is 0 Å². The van der Waals surface area contributed by atoms with Crippen LogP contribution in [0.4, 0.5) is 14.6 Å². The summed E-state index contributed by atoms with van der Waals surface area (Å²) in [5.74, 6) is -1.12. The van der Waals surface area contributed by atoms with E-state index in [1.54, 1.807) is 0 Å². The Bertz CT molecular complexity index is 401. The Labute approximate surface area is 95.4 Å². The van der Waals surface area contributed by atoms with E-state index in [-0.39, 0.29) is 30.2 Å². The molecule has 0 fully saturated rings. The molecule has 0 saturated heterocycles. The molecule has 17 heavy (non-hydrogen) atoms. The van der Waals surface area contributed by atoms with E-state index in [9.17, 15) is 13.6 Å². The lowest BCUT2D eigenvalue weighted by Gasteiger charge is -2.04. The molecule has 3 N–H and O–H groups in total. The van der Waals surface area contributed by atoms with Gasteiger partial charge in [0, 0.05) is 12.6 Å². The highest BCUT2D eigenvalue weighted by atomic mass is 19.3. The molecule has 1 rings (SSSR count). The number of carboxylic acid groups (broad SMARTS) is 1. The average molecular weight is 247 g/mol. The van der Waals surface area contributed by atoms with Gasteiger partial charge in [-0.25, -0.2) is 23.5 Å². The first kappa shape index (κ1) is 13.2. The van der Waals surface area contributed by atoms with Crippen molar-refractivity contribution in [3.8, 4) is 0 Å². The minimum absolute atomic E-state index is 0.0240. The molecule has 0 aliphatic heterocycles. The van der Waals surface area contributed by atoms with Gasteiger partial charge < -0.3 is 15.6 Å². The molecule has 0 amide bonds. The summed E-state index contributed by atoms with van der Waals surface area (Å²) in [6.45, 7) is -0.626. The van der Waals surface area contributed by atoms with Crippen LogP contribution in [0.5, 0.6) is 0 Å². The number of nitrogens with two attached hydrogens (primary N) is 1. The quantitative estimate of drug-likeness (QED) is 0.713. The molecule has 6 nitrogen and oxygen atoms in total. The highest BCUT2D eigenvalue weighted by molar-refractivity contribution is 5.92. The molecule has 1 aromatic rings. The number of nitrogen functional groups attached to an aromatic ring is 1. The fourth-order valence-electron chi connectivity index (χ4n) is 1.05. The van der Waals surface area contributed by atoms with Crippen LogP contribution in [0.3, 0.4) is 0 Å². The van der Waals surface area contributed by atoms with E-state index in [2.05, 4.69) is 14.7 Å². The monoisotopic (exact) mass is 247 g/mol. The Hall–Kier alpha value is -1.83. The number of halogens is 2. The number of aromatic nitrogens is 2. The number of nitrogens with zero attached hydrogens (tertiary/aromatic N) is 2. The van der Waals surface area contributed by atoms with Crippen LogP contribution in [0.15, 0.2) is 6.20 Å². The topological polar surface area (TPSA) is 98.3 Å². The van der Waals surface area contributed by atoms with Gasteiger partial charge in [0.1, 0.15) is 23.8 Å². The number of anilines is 1. The van der Waals surface area contributed by atoms with Crippen molar-refractivity contribution < 1.29 is 23.4 Å². The molecule has 0 aromatic carbocycles. The maximum atomic E-state index is 11.7. The number of carbonyl (C=O) groups is 1. The van der Waals surface area contributed by atoms with Crippen LogP contribution in [0.25, 0.3) is 0 Å². The van der Waals surface area contributed by atoms with Gasteiger partial charge in [0.15, 0.2) is 0 Å². The van der Waals surface area contributed by atoms with Gasteiger partial charge in [0.25, 0.3) is 6.43 Å². The van der Waals surface area contributed by atoms with E-state index in [4.69, 9.17) is 10.8 Å². The summed E-state index contributed by atoms with van der Waals surface area (Å²) in [7, 11) is 0. The van der Waals surface area contributed by atoms with Crippen LogP contribution in [0.2, 0.25) is 0 Å². The highest BCUT2D eigenvalue weighted by Gasteiger charge is 2.10. The normalized spacial score (nSPS) is 10.8. The fraction of sp³-hybridized carbons (Fsp3) is 0.444. The van der Waals surface area contributed by atoms with Crippen molar-refractivity contribution in [1.82, 2.24) is 9.97 Å². The van der Waals surface area contributed by atoms with E-state index in [0.29, 0.717) is 0 Å². The first-order valence-corrected chi connectivity index (χ1v) is 4.71. The SMILES string of the molecule is Nc1nc(CCOCC(F)F)ncc1C(=O)O. The zero-order valence-corrected chi connectivity index (χ0v) is 8.77. The summed E-state index contributed by atoms with van der Waals surface area (Å²) in [5.41, 5.74) is 5.19. The first-order chi connectivity index (χ1) is 8.00. The molecule has 8 heteroatoms. The van der Waals surface area contributed by atoms with Gasteiger partial charge in [-0.15, -0.1) is 0 Å². The standard InChI is InChI=1S/C9H11F2N3O3/c10-6(11)4-17-2-1-7-13-3-5(9(15)16)8(12)14-7/h3,6H,1-2,4H2,(H,15,16)(H2,12,13,14). The molecule has 0 aliphatic rings. The Morgan fingerprint density at radius 1 is 1.59 bits per heavy atom. The zero-order valence-electron chi connectivity index (χ0n) is 8.77. The van der Waals surface area contributed by atoms with Gasteiger partial charge in [-0.05, 0) is 0 Å². The number of hydrogen-bond acceptors (Lipinski definition) is 5. The minimum atomic E-state index is -2.52. The molecular weight excluding hydrogens is 236 g/mol. The Balaban J connectivity index is 2.50. The number of aromatic carboxylic acids is 1. The smallest absolute Gasteiger partial charge is 0.341 e. The van der Waals surface area contributed by atoms with Crippen LogP contribution in [-0.2, 0) is 11.2 Å². The molecule has 0 saturated carbocycles. The van der Waals surface area contributed by atoms with E-state index in [1.807, 2.05) is 0 Å². The summed E-state index contributed by atoms with van der Waals surface area (Å²) in [5, 5.41) is 8.66. The van der Waals surface area contributed by atoms with E-state index < -0.39 is 19.0 Å². The van der Waals surface area contributed by atoms with Crippen LogP contribution in [0, 0.1) is 0 Å². The summed E-state index contributed by atoms with van der Waals surface area (Å²) < 4.78 is 28.1. The number of hydrogen-bond donors (Lipinski definition) is 2. The summed E-state index contributed by atoms with van der Waals surface area (Å²) in [6, 6.07) is 0. The molecule has 0 aliphatic carbocycles. The molecule has 1 aromatic heterocycles. The Morgan fingerprint density at radius 2 is 2.29 bits per heavy atom. The lowest BCUT2D eigenvalue weighted by Crippen LogP contribution is -2.11. The zero-order chi connectivity index (χ0) is 12.8. The molecule has 0 radical (unpaired) electrons. The molecule has 1 heterocycles. The lowest BCUT2D eigenvalue weighted by atomic mass is 10.3. The number of ether oxygens (including phenoxy) is 1. The van der Waals surface area contributed by atoms with Crippen molar-refractivity contribution >= 4 is 11.8 Å². The fourth-order valence-corrected chi connectivity index (χ4v) is 1.05. The number of alkyl halides is 2. The predicted molar refractivity (Wildman–Crippen MR) is 53.9 cm³/mol. The molecular formula is C9H11F2N3O3. The molecule has 0 atom stereocenters. The van der Waals surface area contributed by atoms with Crippen molar-refractivity contribution in [2.45, 2.75) is 12.8 Å². The van der Waals surface area contributed by atoms with Crippen molar-refractivity contribution in [3.63, 3.8) is 0 Å². The maximum Gasteiger partial charge on any atom is 0.341 e. The third-order valence-corrected chi connectivity index (χ3v) is 1.81. The number of rotatable bonds is 6. The van der Waals surface area contributed by atoms with Crippen molar-refractivity contribution in [3.05, 3.63) is 17.6 Å². The lowest BCUT2D eigenvalue weighted by molar-refractivity contribution is 0.0183. The molecule has 0 spiro atoms. The third-order valence-electron chi connectivity index (χ3n) is 1.81. The first-order valence-electron chi connectivity index (χ1n) is 4.71. The van der Waals surface area contributed by atoms with Crippen LogP contribution in [0.1, 0.15) is 16.2 Å². The Kier molecular flexibility index (Phi) is 4.70. The van der Waals surface area contributed by atoms with Crippen LogP contribution >= 0.6 is 0 Å². The second-order valence-corrected chi connectivity index (χ2v) is 3.11. The van der Waals surface area contributed by atoms with E-state index in [0.717, 1.165) is 6.20 Å². The van der Waals surface area contributed by atoms with Crippen molar-refractivity contribution in [2.75, 3.05) is 18.9 Å². The molecule has 0 unspecified atom stereocenters. The van der Waals surface area contributed by atoms with Crippen molar-refractivity contribution in [2.24, 2.45) is 0 Å². The summed E-state index contributed by atoms with van der Waals surface area (Å²) >= 11 is 0. The molecule has 94 valence electrons. The van der Waals surface area contributed by atoms with Gasteiger partial charge in [-0.1, -0.05) is 0 Å². The average Bonchev–Trinajstić information content (AvgIpc) is 2.23. The van der Waals surface area contributed by atoms with E-state index in [1.165, 1.54) is 0 Å². The largest absolute Gasteiger partial charge is 0.477 e. The third kappa shape index (κ3) is 4.27. The summed E-state index contributed by atoms with van der Waals surface area (Å²) in [6.07, 6.45) is -1.25. The highest BCUT2D eigenvalue weighted by Crippen LogP contribution is 2.07. The Morgan fingerprint density at radius 3 is 2.82 bits per heavy atom. The van der Waals surface area contributed by atoms with Crippen molar-refractivity contribution in [1.29, 1.82) is 0 Å². The van der Waals surface area contributed by atoms with Crippen LogP contribution < -0.4 is 5.73 Å². The summed E-state index contributed by atoms with van der Waals surface area (Å²) in [4.78, 5) is 18.1. The molecule has 0 bridgehead atoms. The number of carboxylic acids is 1. The minimum Gasteiger partial charge on any atom is -0.477 e. The predicted octanol–water partition coefficient (Wildman–Crippen LogP) is 0.581. The second kappa shape index (κ2) is 6.04. The van der Waals surface area contributed by atoms with Crippen LogP contribution in [-0.4, -0.2) is 40.7 Å². The van der Waals surface area contributed by atoms with Gasteiger partial charge >= 0.3 is 5.97 Å². The van der Waals surface area contributed by atoms with Gasteiger partial charge in [-0.2, -0.15) is 0 Å². The second-order valence-electron chi connectivity index (χ2n) is 3.11. The van der Waals surface area contributed by atoms with Gasteiger partial charge in [0.2, 0.25) is 0 Å². The van der Waals surface area contributed by atoms with Gasteiger partial charge in [0.05, 0.1) is 6.61 Å². The van der Waals surface area contributed by atoms with E-state index >= 15 is 0 Å². The maximum absolute atomic E-state index is 11.7.